The van der Waals surface area contributed by atoms with Gasteiger partial charge in [0.05, 0.1) is 12.2 Å². The van der Waals surface area contributed by atoms with E-state index in [-0.39, 0.29) is 17.7 Å². The van der Waals surface area contributed by atoms with E-state index in [1.165, 1.54) is 12.0 Å². The predicted octanol–water partition coefficient (Wildman–Crippen LogP) is 3.16. The lowest BCUT2D eigenvalue weighted by atomic mass is 9.97. The Hall–Kier alpha value is -2.76. The molecule has 3 rings (SSSR count). The molecule has 1 atom stereocenters. The SMILES string of the molecule is CCN(CCCNC(=O)C1CCCN(C(=O)c2ccco2)C1)c1ccccc1. The fraction of sp³-hybridized carbons (Fsp3) is 0.455. The second-order valence-corrected chi connectivity index (χ2v) is 7.13. The number of furan rings is 1. The molecule has 1 aromatic carbocycles. The molecule has 0 aliphatic carbocycles. The van der Waals surface area contributed by atoms with Crippen LogP contribution < -0.4 is 10.2 Å². The quantitative estimate of drug-likeness (QED) is 0.711. The lowest BCUT2D eigenvalue weighted by Crippen LogP contribution is -2.45. The molecule has 0 spiro atoms. The Morgan fingerprint density at radius 2 is 2.04 bits per heavy atom. The molecule has 0 saturated carbocycles. The molecule has 2 aromatic rings. The monoisotopic (exact) mass is 383 g/mol. The normalized spacial score (nSPS) is 16.6. The molecule has 28 heavy (non-hydrogen) atoms. The molecule has 1 N–H and O–H groups in total. The van der Waals surface area contributed by atoms with Gasteiger partial charge in [-0.25, -0.2) is 0 Å². The van der Waals surface area contributed by atoms with E-state index in [2.05, 4.69) is 29.3 Å². The van der Waals surface area contributed by atoms with Crippen molar-refractivity contribution < 1.29 is 14.0 Å². The van der Waals surface area contributed by atoms with Crippen LogP contribution in [0, 0.1) is 5.92 Å². The molecule has 1 saturated heterocycles. The van der Waals surface area contributed by atoms with E-state index in [0.29, 0.717) is 25.4 Å². The number of hydrogen-bond acceptors (Lipinski definition) is 4. The Balaban J connectivity index is 1.42. The number of benzene rings is 1. The number of hydrogen-bond donors (Lipinski definition) is 1. The molecule has 150 valence electrons. The maximum Gasteiger partial charge on any atom is 0.289 e. The third-order valence-corrected chi connectivity index (χ3v) is 5.22. The van der Waals surface area contributed by atoms with E-state index >= 15 is 0 Å². The van der Waals surface area contributed by atoms with Crippen molar-refractivity contribution in [3.63, 3.8) is 0 Å². The molecule has 1 fully saturated rings. The number of rotatable bonds is 8. The van der Waals surface area contributed by atoms with Gasteiger partial charge < -0.3 is 19.5 Å². The number of nitrogens with one attached hydrogen (secondary N) is 1. The first kappa shape index (κ1) is 20.0. The van der Waals surface area contributed by atoms with E-state index in [0.717, 1.165) is 32.4 Å². The van der Waals surface area contributed by atoms with Crippen molar-refractivity contribution >= 4 is 17.5 Å². The second kappa shape index (κ2) is 9.97. The average molecular weight is 383 g/mol. The third kappa shape index (κ3) is 5.15. The Kier molecular flexibility index (Phi) is 7.12. The van der Waals surface area contributed by atoms with E-state index in [4.69, 9.17) is 4.42 Å². The molecule has 1 aliphatic rings. The highest BCUT2D eigenvalue weighted by atomic mass is 16.3. The summed E-state index contributed by atoms with van der Waals surface area (Å²) in [5.74, 6) is 0.0920. The van der Waals surface area contributed by atoms with Crippen LogP contribution >= 0.6 is 0 Å². The fourth-order valence-corrected chi connectivity index (χ4v) is 3.67. The summed E-state index contributed by atoms with van der Waals surface area (Å²) in [6, 6.07) is 13.7. The number of carbonyl (C=O) groups is 2. The summed E-state index contributed by atoms with van der Waals surface area (Å²) < 4.78 is 5.20. The van der Waals surface area contributed by atoms with Crippen molar-refractivity contribution in [2.24, 2.45) is 5.92 Å². The zero-order chi connectivity index (χ0) is 19.8. The Morgan fingerprint density at radius 1 is 1.21 bits per heavy atom. The number of likely N-dealkylation sites (tertiary alicyclic amines) is 1. The first-order chi connectivity index (χ1) is 13.7. The van der Waals surface area contributed by atoms with Gasteiger partial charge in [0, 0.05) is 38.4 Å². The summed E-state index contributed by atoms with van der Waals surface area (Å²) in [5.41, 5.74) is 1.20. The molecular formula is C22H29N3O3. The number of para-hydroxylation sites is 1. The zero-order valence-corrected chi connectivity index (χ0v) is 16.5. The van der Waals surface area contributed by atoms with Crippen molar-refractivity contribution in [2.45, 2.75) is 26.2 Å². The van der Waals surface area contributed by atoms with Gasteiger partial charge in [0.2, 0.25) is 5.91 Å². The fourth-order valence-electron chi connectivity index (χ4n) is 3.67. The minimum absolute atomic E-state index is 0.0414. The van der Waals surface area contributed by atoms with Crippen molar-refractivity contribution in [2.75, 3.05) is 37.6 Å². The van der Waals surface area contributed by atoms with Crippen LogP contribution in [0.15, 0.2) is 53.1 Å². The minimum atomic E-state index is -0.149. The second-order valence-electron chi connectivity index (χ2n) is 7.13. The Bertz CT molecular complexity index is 746. The smallest absolute Gasteiger partial charge is 0.289 e. The molecule has 2 amide bonds. The zero-order valence-electron chi connectivity index (χ0n) is 16.5. The van der Waals surface area contributed by atoms with E-state index in [1.54, 1.807) is 17.0 Å². The highest BCUT2D eigenvalue weighted by molar-refractivity contribution is 5.92. The first-order valence-electron chi connectivity index (χ1n) is 10.1. The van der Waals surface area contributed by atoms with Crippen molar-refractivity contribution in [3.05, 3.63) is 54.5 Å². The number of nitrogens with zero attached hydrogens (tertiary/aromatic N) is 2. The van der Waals surface area contributed by atoms with Crippen LogP contribution in [-0.4, -0.2) is 49.4 Å². The van der Waals surface area contributed by atoms with Crippen LogP contribution in [0.25, 0.3) is 0 Å². The largest absolute Gasteiger partial charge is 0.459 e. The molecule has 0 radical (unpaired) electrons. The van der Waals surface area contributed by atoms with Crippen molar-refractivity contribution in [3.8, 4) is 0 Å². The van der Waals surface area contributed by atoms with Crippen molar-refractivity contribution in [1.29, 1.82) is 0 Å². The summed E-state index contributed by atoms with van der Waals surface area (Å²) in [7, 11) is 0. The third-order valence-electron chi connectivity index (χ3n) is 5.22. The van der Waals surface area contributed by atoms with Gasteiger partial charge in [0.1, 0.15) is 0 Å². The van der Waals surface area contributed by atoms with Gasteiger partial charge in [-0.3, -0.25) is 9.59 Å². The maximum absolute atomic E-state index is 12.6. The van der Waals surface area contributed by atoms with Gasteiger partial charge in [-0.1, -0.05) is 18.2 Å². The van der Waals surface area contributed by atoms with Gasteiger partial charge >= 0.3 is 0 Å². The number of piperidine rings is 1. The van der Waals surface area contributed by atoms with E-state index in [9.17, 15) is 9.59 Å². The lowest BCUT2D eigenvalue weighted by molar-refractivity contribution is -0.126. The van der Waals surface area contributed by atoms with Crippen molar-refractivity contribution in [1.82, 2.24) is 10.2 Å². The average Bonchev–Trinajstić information content (AvgIpc) is 3.29. The topological polar surface area (TPSA) is 65.8 Å². The maximum atomic E-state index is 12.6. The number of amides is 2. The molecule has 6 heteroatoms. The standard InChI is InChI=1S/C22H29N3O3/c1-2-24(19-10-4-3-5-11-19)15-8-13-23-21(26)18-9-6-14-25(17-18)22(27)20-12-7-16-28-20/h3-5,7,10-12,16,18H,2,6,8-9,13-15,17H2,1H3,(H,23,26). The van der Waals surface area contributed by atoms with E-state index < -0.39 is 0 Å². The minimum Gasteiger partial charge on any atom is -0.459 e. The first-order valence-corrected chi connectivity index (χ1v) is 10.1. The predicted molar refractivity (Wildman–Crippen MR) is 109 cm³/mol. The van der Waals surface area contributed by atoms with Gasteiger partial charge in [-0.05, 0) is 50.5 Å². The molecule has 1 aromatic heterocycles. The highest BCUT2D eigenvalue weighted by Gasteiger charge is 2.29. The highest BCUT2D eigenvalue weighted by Crippen LogP contribution is 2.19. The van der Waals surface area contributed by atoms with Crippen LogP contribution in [0.2, 0.25) is 0 Å². The van der Waals surface area contributed by atoms with Crippen LogP contribution in [0.5, 0.6) is 0 Å². The Labute approximate surface area is 166 Å². The van der Waals surface area contributed by atoms with Gasteiger partial charge in [-0.15, -0.1) is 0 Å². The summed E-state index contributed by atoms with van der Waals surface area (Å²) in [5, 5.41) is 3.05. The molecule has 2 heterocycles. The number of carbonyl (C=O) groups excluding carboxylic acids is 2. The summed E-state index contributed by atoms with van der Waals surface area (Å²) in [6.07, 6.45) is 4.04. The van der Waals surface area contributed by atoms with Gasteiger partial charge in [-0.2, -0.15) is 0 Å². The number of anilines is 1. The summed E-state index contributed by atoms with van der Waals surface area (Å²) in [6.45, 7) is 5.74. The van der Waals surface area contributed by atoms with Crippen LogP contribution in [-0.2, 0) is 4.79 Å². The molecular weight excluding hydrogens is 354 g/mol. The molecule has 6 nitrogen and oxygen atoms in total. The van der Waals surface area contributed by atoms with E-state index in [1.807, 2.05) is 18.2 Å². The van der Waals surface area contributed by atoms with Crippen LogP contribution in [0.1, 0.15) is 36.7 Å². The summed E-state index contributed by atoms with van der Waals surface area (Å²) in [4.78, 5) is 29.0. The van der Waals surface area contributed by atoms with Gasteiger partial charge in [0.15, 0.2) is 5.76 Å². The Morgan fingerprint density at radius 3 is 2.75 bits per heavy atom. The van der Waals surface area contributed by atoms with Gasteiger partial charge in [0.25, 0.3) is 5.91 Å². The van der Waals surface area contributed by atoms with Crippen LogP contribution in [0.4, 0.5) is 5.69 Å². The summed E-state index contributed by atoms with van der Waals surface area (Å²) >= 11 is 0. The van der Waals surface area contributed by atoms with Crippen LogP contribution in [0.3, 0.4) is 0 Å². The lowest BCUT2D eigenvalue weighted by Gasteiger charge is -2.31. The molecule has 0 bridgehead atoms. The molecule has 1 aliphatic heterocycles. The molecule has 1 unspecified atom stereocenters.